The molecule has 4 bridgehead atoms. The third-order valence-corrected chi connectivity index (χ3v) is 10.2. The van der Waals surface area contributed by atoms with E-state index in [-0.39, 0.29) is 34.2 Å². The quantitative estimate of drug-likeness (QED) is 0.749. The maximum atomic E-state index is 10.8. The molecule has 6 atom stereocenters. The van der Waals surface area contributed by atoms with Gasteiger partial charge in [0.15, 0.2) is 11.5 Å². The van der Waals surface area contributed by atoms with Crippen molar-refractivity contribution in [3.8, 4) is 11.5 Å². The van der Waals surface area contributed by atoms with Crippen LogP contribution in [0.4, 0.5) is 0 Å². The molecule has 4 aliphatic carbocycles. The number of rotatable bonds is 5. The summed E-state index contributed by atoms with van der Waals surface area (Å²) in [4.78, 5) is 2.60. The highest BCUT2D eigenvalue weighted by molar-refractivity contribution is 5.63. The molecule has 4 fully saturated rings. The van der Waals surface area contributed by atoms with Crippen LogP contribution in [-0.2, 0) is 27.9 Å². The molecule has 1 saturated heterocycles. The molecule has 1 N–H and O–H groups in total. The molecule has 6 aliphatic rings. The summed E-state index contributed by atoms with van der Waals surface area (Å²) in [7, 11) is 4.17. The number of phenolic OH excluding ortho intramolecular Hbond substituents is 1. The number of likely N-dealkylation sites (N-methyl/N-ethyl adjacent to an activating group) is 1. The number of hydrogen-bond acceptors (Lipinski definition) is 5. The van der Waals surface area contributed by atoms with Crippen molar-refractivity contribution >= 4 is 0 Å². The number of phenols is 1. The van der Waals surface area contributed by atoms with Crippen LogP contribution in [0.3, 0.4) is 0 Å². The Balaban J connectivity index is 1.32. The standard InChI is InChI=1S/C28H33NO4/c1-29-13-12-27-23-19-8-9-21(30)24(23)33-25(27)28(31-2)11-10-26(27,22(29)14-19)15-20(28)17-32-16-18-6-4-3-5-7-18/h3-9,20,22,25,30H,10-17H2,1-2H3/t20-,22+,25+,26+,27-,28?/m0/s1. The lowest BCUT2D eigenvalue weighted by atomic mass is 9.35. The summed E-state index contributed by atoms with van der Waals surface area (Å²) in [5, 5.41) is 10.8. The first-order valence-electron chi connectivity index (χ1n) is 12.4. The molecule has 0 aromatic heterocycles. The lowest BCUT2D eigenvalue weighted by Gasteiger charge is -2.73. The predicted molar refractivity (Wildman–Crippen MR) is 125 cm³/mol. The van der Waals surface area contributed by atoms with Crippen LogP contribution in [0.15, 0.2) is 42.5 Å². The van der Waals surface area contributed by atoms with Crippen LogP contribution in [-0.4, -0.2) is 55.1 Å². The molecule has 5 heteroatoms. The fraction of sp³-hybridized carbons (Fsp3) is 0.571. The number of aromatic hydroxyl groups is 1. The number of benzene rings is 2. The molecule has 8 rings (SSSR count). The Labute approximate surface area is 195 Å². The largest absolute Gasteiger partial charge is 0.504 e. The van der Waals surface area contributed by atoms with E-state index in [1.54, 1.807) is 0 Å². The third kappa shape index (κ3) is 2.29. The van der Waals surface area contributed by atoms with Gasteiger partial charge in [0.05, 0.1) is 13.2 Å². The van der Waals surface area contributed by atoms with Gasteiger partial charge in [0.1, 0.15) is 11.7 Å². The first-order valence-corrected chi connectivity index (χ1v) is 12.4. The zero-order valence-corrected chi connectivity index (χ0v) is 19.5. The Kier molecular flexibility index (Phi) is 4.15. The third-order valence-electron chi connectivity index (χ3n) is 10.2. The molecule has 3 saturated carbocycles. The Bertz CT molecular complexity index is 1100. The van der Waals surface area contributed by atoms with Crippen molar-refractivity contribution in [2.24, 2.45) is 11.3 Å². The van der Waals surface area contributed by atoms with Crippen molar-refractivity contribution < 1.29 is 19.3 Å². The molecular weight excluding hydrogens is 414 g/mol. The van der Waals surface area contributed by atoms with E-state index in [2.05, 4.69) is 42.3 Å². The second kappa shape index (κ2) is 6.74. The minimum Gasteiger partial charge on any atom is -0.504 e. The molecule has 2 spiro atoms. The smallest absolute Gasteiger partial charge is 0.165 e. The van der Waals surface area contributed by atoms with Gasteiger partial charge in [-0.15, -0.1) is 0 Å². The van der Waals surface area contributed by atoms with E-state index in [1.807, 2.05) is 19.2 Å². The molecule has 2 aromatic carbocycles. The van der Waals surface area contributed by atoms with Gasteiger partial charge in [-0.1, -0.05) is 36.4 Å². The first kappa shape index (κ1) is 20.3. The normalized spacial score (nSPS) is 39.9. The Morgan fingerprint density at radius 3 is 2.79 bits per heavy atom. The van der Waals surface area contributed by atoms with Crippen molar-refractivity contribution in [1.29, 1.82) is 0 Å². The van der Waals surface area contributed by atoms with Crippen LogP contribution in [0, 0.1) is 11.3 Å². The zero-order chi connectivity index (χ0) is 22.4. The van der Waals surface area contributed by atoms with Crippen molar-refractivity contribution in [2.75, 3.05) is 27.3 Å². The van der Waals surface area contributed by atoms with Gasteiger partial charge in [-0.25, -0.2) is 0 Å². The van der Waals surface area contributed by atoms with E-state index in [4.69, 9.17) is 14.2 Å². The van der Waals surface area contributed by atoms with Gasteiger partial charge in [0, 0.05) is 35.5 Å². The summed E-state index contributed by atoms with van der Waals surface area (Å²) >= 11 is 0. The van der Waals surface area contributed by atoms with E-state index in [0.717, 1.165) is 44.4 Å². The summed E-state index contributed by atoms with van der Waals surface area (Å²) in [6, 6.07) is 14.9. The van der Waals surface area contributed by atoms with Crippen LogP contribution < -0.4 is 4.74 Å². The SMILES string of the molecule is COC12CC[C@@]3(C[C@H]1COCc1ccccc1)[C@H]1Cc4ccc(O)c5c4[C@@]3(CCN1C)[C@H]2O5. The molecule has 2 aromatic rings. The minimum absolute atomic E-state index is 0.0682. The number of methoxy groups -OCH3 is 1. The predicted octanol–water partition coefficient (Wildman–Crippen LogP) is 4.05. The van der Waals surface area contributed by atoms with E-state index < -0.39 is 0 Å². The van der Waals surface area contributed by atoms with Gasteiger partial charge < -0.3 is 24.2 Å². The molecule has 1 unspecified atom stereocenters. The zero-order valence-electron chi connectivity index (χ0n) is 19.5. The first-order chi connectivity index (χ1) is 16.1. The maximum absolute atomic E-state index is 10.8. The number of fused-ring (bicyclic) bond motifs is 2. The van der Waals surface area contributed by atoms with Crippen LogP contribution in [0.25, 0.3) is 0 Å². The number of likely N-dealkylation sites (tertiary alicyclic amines) is 1. The van der Waals surface area contributed by atoms with Crippen molar-refractivity contribution in [3.05, 3.63) is 59.2 Å². The fourth-order valence-corrected chi connectivity index (χ4v) is 8.92. The molecule has 33 heavy (non-hydrogen) atoms. The van der Waals surface area contributed by atoms with Crippen LogP contribution in [0.2, 0.25) is 0 Å². The monoisotopic (exact) mass is 447 g/mol. The van der Waals surface area contributed by atoms with Gasteiger partial charge in [0.2, 0.25) is 0 Å². The number of piperidine rings is 1. The summed E-state index contributed by atoms with van der Waals surface area (Å²) in [5.41, 5.74) is 3.55. The van der Waals surface area contributed by atoms with E-state index in [0.29, 0.717) is 19.3 Å². The van der Waals surface area contributed by atoms with Crippen LogP contribution in [0.5, 0.6) is 11.5 Å². The summed E-state index contributed by atoms with van der Waals surface area (Å²) in [5.74, 6) is 1.29. The topological polar surface area (TPSA) is 51.2 Å². The molecule has 5 nitrogen and oxygen atoms in total. The Morgan fingerprint density at radius 2 is 1.97 bits per heavy atom. The van der Waals surface area contributed by atoms with Gasteiger partial charge in [-0.05, 0) is 62.9 Å². The van der Waals surface area contributed by atoms with Gasteiger partial charge in [-0.2, -0.15) is 0 Å². The minimum atomic E-state index is -0.390. The summed E-state index contributed by atoms with van der Waals surface area (Å²) in [6.45, 7) is 2.36. The fourth-order valence-electron chi connectivity index (χ4n) is 8.92. The van der Waals surface area contributed by atoms with Crippen molar-refractivity contribution in [2.45, 2.75) is 61.9 Å². The van der Waals surface area contributed by atoms with E-state index in [1.165, 1.54) is 16.7 Å². The summed E-state index contributed by atoms with van der Waals surface area (Å²) in [6.07, 6.45) is 5.27. The maximum Gasteiger partial charge on any atom is 0.165 e. The number of nitrogens with zero attached hydrogens (tertiary/aromatic N) is 1. The highest BCUT2D eigenvalue weighted by Gasteiger charge is 2.80. The van der Waals surface area contributed by atoms with Crippen molar-refractivity contribution in [1.82, 2.24) is 4.90 Å². The lowest BCUT2D eigenvalue weighted by Crippen LogP contribution is -2.81. The lowest BCUT2D eigenvalue weighted by molar-refractivity contribution is -0.282. The van der Waals surface area contributed by atoms with Gasteiger partial charge in [0.25, 0.3) is 0 Å². The van der Waals surface area contributed by atoms with Crippen LogP contribution >= 0.6 is 0 Å². The average molecular weight is 448 g/mol. The molecule has 174 valence electrons. The summed E-state index contributed by atoms with van der Waals surface area (Å²) < 4.78 is 19.6. The second-order valence-electron chi connectivity index (χ2n) is 11.1. The van der Waals surface area contributed by atoms with Gasteiger partial charge >= 0.3 is 0 Å². The molecule has 2 heterocycles. The van der Waals surface area contributed by atoms with E-state index in [9.17, 15) is 5.11 Å². The Hall–Kier alpha value is -2.08. The van der Waals surface area contributed by atoms with E-state index >= 15 is 0 Å². The average Bonchev–Trinajstić information content (AvgIpc) is 3.21. The Morgan fingerprint density at radius 1 is 1.12 bits per heavy atom. The second-order valence-corrected chi connectivity index (χ2v) is 11.1. The van der Waals surface area contributed by atoms with Gasteiger partial charge in [-0.3, -0.25) is 0 Å². The van der Waals surface area contributed by atoms with Crippen LogP contribution in [0.1, 0.15) is 42.4 Å². The molecule has 0 radical (unpaired) electrons. The number of ether oxygens (including phenoxy) is 3. The molecule has 0 amide bonds. The molecule has 2 aliphatic heterocycles. The molecular formula is C28H33NO4. The highest BCUT2D eigenvalue weighted by atomic mass is 16.6. The number of hydrogen-bond donors (Lipinski definition) is 1. The highest BCUT2D eigenvalue weighted by Crippen LogP contribution is 2.76. The van der Waals surface area contributed by atoms with Crippen molar-refractivity contribution in [3.63, 3.8) is 0 Å².